The normalized spacial score (nSPS) is 18.4. The van der Waals surface area contributed by atoms with Crippen molar-refractivity contribution in [3.8, 4) is 0 Å². The Balaban J connectivity index is 1.40. The molecule has 160 valence electrons. The van der Waals surface area contributed by atoms with Gasteiger partial charge < -0.3 is 5.32 Å². The number of nitrogens with one attached hydrogen (secondary N) is 1. The van der Waals surface area contributed by atoms with Crippen LogP contribution in [-0.4, -0.2) is 41.5 Å². The van der Waals surface area contributed by atoms with E-state index in [2.05, 4.69) is 28.4 Å². The molecule has 5 nitrogen and oxygen atoms in total. The van der Waals surface area contributed by atoms with Crippen LogP contribution in [0, 0.1) is 0 Å². The minimum Gasteiger partial charge on any atom is -0.315 e. The first-order valence-electron chi connectivity index (χ1n) is 10.9. The minimum atomic E-state index is -1.21. The molecule has 3 amide bonds. The Morgan fingerprint density at radius 2 is 1.34 bits per heavy atom. The lowest BCUT2D eigenvalue weighted by atomic mass is 9.83. The van der Waals surface area contributed by atoms with Crippen LogP contribution in [-0.2, 0) is 10.3 Å². The second-order valence-corrected chi connectivity index (χ2v) is 8.21. The Labute approximate surface area is 188 Å². The molecule has 3 aromatic rings. The van der Waals surface area contributed by atoms with Gasteiger partial charge >= 0.3 is 6.03 Å². The Hall–Kier alpha value is -3.70. The molecule has 5 rings (SSSR count). The van der Waals surface area contributed by atoms with E-state index in [9.17, 15) is 9.59 Å². The van der Waals surface area contributed by atoms with Crippen molar-refractivity contribution in [3.05, 3.63) is 114 Å². The Bertz CT molecular complexity index is 1100. The number of carbonyl (C=O) groups excluding carboxylic acids is 2. The quantitative estimate of drug-likeness (QED) is 0.625. The summed E-state index contributed by atoms with van der Waals surface area (Å²) in [6.07, 6.45) is 3.08. The van der Waals surface area contributed by atoms with Gasteiger partial charge in [0.1, 0.15) is 0 Å². The maximum absolute atomic E-state index is 13.8. The van der Waals surface area contributed by atoms with Gasteiger partial charge in [0.2, 0.25) is 0 Å². The predicted octanol–water partition coefficient (Wildman–Crippen LogP) is 4.23. The van der Waals surface area contributed by atoms with Gasteiger partial charge in [-0.1, -0.05) is 97.1 Å². The van der Waals surface area contributed by atoms with Gasteiger partial charge in [0, 0.05) is 13.1 Å². The van der Waals surface area contributed by atoms with Gasteiger partial charge in [-0.25, -0.2) is 9.69 Å². The summed E-state index contributed by atoms with van der Waals surface area (Å²) in [5.74, 6) is -0.238. The summed E-state index contributed by atoms with van der Waals surface area (Å²) < 4.78 is 0. The largest absolute Gasteiger partial charge is 0.326 e. The molecule has 0 spiro atoms. The molecule has 0 unspecified atom stereocenters. The van der Waals surface area contributed by atoms with Crippen molar-refractivity contribution in [2.45, 2.75) is 12.0 Å². The summed E-state index contributed by atoms with van der Waals surface area (Å²) in [5, 5.41) is 3.02. The highest BCUT2D eigenvalue weighted by Crippen LogP contribution is 2.36. The van der Waals surface area contributed by atoms with Crippen LogP contribution in [0.5, 0.6) is 0 Å². The highest BCUT2D eigenvalue weighted by molar-refractivity contribution is 6.09. The molecule has 2 heterocycles. The van der Waals surface area contributed by atoms with Gasteiger partial charge in [-0.15, -0.1) is 0 Å². The number of amides is 3. The van der Waals surface area contributed by atoms with Gasteiger partial charge in [-0.2, -0.15) is 0 Å². The number of imide groups is 1. The zero-order chi connectivity index (χ0) is 22.0. The predicted molar refractivity (Wildman–Crippen MR) is 125 cm³/mol. The SMILES string of the molecule is O=C1NC(c2ccccc2)(c2ccccc2)C(=O)N1CN1CC=C(c2ccccc2)CC1. The molecule has 32 heavy (non-hydrogen) atoms. The minimum absolute atomic E-state index is 0.238. The second kappa shape index (κ2) is 8.44. The van der Waals surface area contributed by atoms with E-state index in [0.29, 0.717) is 6.54 Å². The fraction of sp³-hybridized carbons (Fsp3) is 0.185. The van der Waals surface area contributed by atoms with Crippen molar-refractivity contribution < 1.29 is 9.59 Å². The third kappa shape index (κ3) is 3.51. The number of urea groups is 1. The van der Waals surface area contributed by atoms with Crippen LogP contribution in [0.25, 0.3) is 5.57 Å². The summed E-state index contributed by atoms with van der Waals surface area (Å²) in [7, 11) is 0. The standard InChI is InChI=1S/C27H25N3O2/c31-25-27(23-12-6-2-7-13-23,24-14-8-3-9-15-24)28-26(32)30(25)20-29-18-16-22(17-19-29)21-10-4-1-5-11-21/h1-16H,17-20H2,(H,28,32). The van der Waals surface area contributed by atoms with Crippen LogP contribution in [0.2, 0.25) is 0 Å². The van der Waals surface area contributed by atoms with Crippen molar-refractivity contribution in [2.24, 2.45) is 0 Å². The molecule has 0 radical (unpaired) electrons. The molecule has 0 aliphatic carbocycles. The number of carbonyl (C=O) groups is 2. The average Bonchev–Trinajstić information content (AvgIpc) is 3.12. The smallest absolute Gasteiger partial charge is 0.315 e. The Morgan fingerprint density at radius 3 is 1.88 bits per heavy atom. The van der Waals surface area contributed by atoms with Crippen molar-refractivity contribution in [3.63, 3.8) is 0 Å². The molecule has 1 fully saturated rings. The van der Waals surface area contributed by atoms with E-state index < -0.39 is 5.54 Å². The summed E-state index contributed by atoms with van der Waals surface area (Å²) in [4.78, 5) is 30.3. The van der Waals surface area contributed by atoms with Crippen LogP contribution in [0.15, 0.2) is 97.1 Å². The van der Waals surface area contributed by atoms with Crippen molar-refractivity contribution in [1.29, 1.82) is 0 Å². The lowest BCUT2D eigenvalue weighted by molar-refractivity contribution is -0.131. The molecule has 0 saturated carbocycles. The first-order valence-corrected chi connectivity index (χ1v) is 10.9. The second-order valence-electron chi connectivity index (χ2n) is 8.21. The van der Waals surface area contributed by atoms with E-state index in [1.54, 1.807) is 0 Å². The van der Waals surface area contributed by atoms with Gasteiger partial charge in [-0.05, 0) is 28.7 Å². The lowest BCUT2D eigenvalue weighted by Gasteiger charge is -2.31. The van der Waals surface area contributed by atoms with Crippen LogP contribution in [0.3, 0.4) is 0 Å². The highest BCUT2D eigenvalue weighted by Gasteiger charge is 2.53. The summed E-state index contributed by atoms with van der Waals surface area (Å²) >= 11 is 0. The highest BCUT2D eigenvalue weighted by atomic mass is 16.2. The van der Waals surface area contributed by atoms with E-state index in [0.717, 1.165) is 24.1 Å². The van der Waals surface area contributed by atoms with Gasteiger partial charge in [0.05, 0.1) is 6.67 Å². The zero-order valence-corrected chi connectivity index (χ0v) is 17.8. The van der Waals surface area contributed by atoms with Gasteiger partial charge in [0.15, 0.2) is 5.54 Å². The Morgan fingerprint density at radius 1 is 0.781 bits per heavy atom. The third-order valence-electron chi connectivity index (χ3n) is 6.30. The van der Waals surface area contributed by atoms with E-state index in [4.69, 9.17) is 0 Å². The molecule has 1 saturated heterocycles. The van der Waals surface area contributed by atoms with Crippen LogP contribution < -0.4 is 5.32 Å². The number of benzene rings is 3. The van der Waals surface area contributed by atoms with Gasteiger partial charge in [-0.3, -0.25) is 9.69 Å². The number of hydrogen-bond acceptors (Lipinski definition) is 3. The lowest BCUT2D eigenvalue weighted by Crippen LogP contribution is -2.46. The van der Waals surface area contributed by atoms with E-state index in [1.807, 2.05) is 78.9 Å². The van der Waals surface area contributed by atoms with Crippen LogP contribution in [0.1, 0.15) is 23.1 Å². The number of hydrogen-bond donors (Lipinski definition) is 1. The van der Waals surface area contributed by atoms with Crippen molar-refractivity contribution in [2.75, 3.05) is 19.8 Å². The number of nitrogens with zero attached hydrogens (tertiary/aromatic N) is 2. The topological polar surface area (TPSA) is 52.7 Å². The molecule has 3 aromatic carbocycles. The fourth-order valence-corrected chi connectivity index (χ4v) is 4.59. The van der Waals surface area contributed by atoms with Crippen molar-refractivity contribution in [1.82, 2.24) is 15.1 Å². The van der Waals surface area contributed by atoms with Crippen molar-refractivity contribution >= 4 is 17.5 Å². The maximum atomic E-state index is 13.8. The van der Waals surface area contributed by atoms with Gasteiger partial charge in [0.25, 0.3) is 5.91 Å². The summed E-state index contributed by atoms with van der Waals surface area (Å²) in [6, 6.07) is 28.9. The molecule has 0 atom stereocenters. The van der Waals surface area contributed by atoms with Crippen LogP contribution >= 0.6 is 0 Å². The molecular formula is C27H25N3O2. The number of rotatable bonds is 5. The van der Waals surface area contributed by atoms with E-state index >= 15 is 0 Å². The first-order chi connectivity index (χ1) is 15.7. The molecule has 2 aliphatic heterocycles. The Kier molecular flexibility index (Phi) is 5.33. The molecule has 1 N–H and O–H groups in total. The first kappa shape index (κ1) is 20.2. The molecule has 0 bridgehead atoms. The third-order valence-corrected chi connectivity index (χ3v) is 6.30. The van der Waals surface area contributed by atoms with Crippen LogP contribution in [0.4, 0.5) is 4.79 Å². The molecular weight excluding hydrogens is 398 g/mol. The monoisotopic (exact) mass is 423 g/mol. The fourth-order valence-electron chi connectivity index (χ4n) is 4.59. The maximum Gasteiger partial charge on any atom is 0.326 e. The van der Waals surface area contributed by atoms with E-state index in [-0.39, 0.29) is 18.6 Å². The van der Waals surface area contributed by atoms with E-state index in [1.165, 1.54) is 16.0 Å². The molecule has 0 aromatic heterocycles. The zero-order valence-electron chi connectivity index (χ0n) is 17.8. The summed E-state index contributed by atoms with van der Waals surface area (Å²) in [5.41, 5.74) is 2.85. The molecule has 2 aliphatic rings. The average molecular weight is 424 g/mol. The molecule has 5 heteroatoms. The summed E-state index contributed by atoms with van der Waals surface area (Å²) in [6.45, 7) is 1.76.